The highest BCUT2D eigenvalue weighted by Crippen LogP contribution is 2.34. The van der Waals surface area contributed by atoms with Gasteiger partial charge in [0, 0.05) is 10.2 Å². The van der Waals surface area contributed by atoms with Crippen molar-refractivity contribution < 1.29 is 0 Å². The fraction of sp³-hybridized carbons (Fsp3) is 0.500. The zero-order valence-electron chi connectivity index (χ0n) is 8.30. The second-order valence-electron chi connectivity index (χ2n) is 4.12. The van der Waals surface area contributed by atoms with Crippen LogP contribution in [0, 0.1) is 0 Å². The normalized spacial score (nSPS) is 18.4. The summed E-state index contributed by atoms with van der Waals surface area (Å²) >= 11 is 3.49. The SMILES string of the molecule is Nc1ccc(C2CCCCC2)cc1Br. The van der Waals surface area contributed by atoms with Gasteiger partial charge in [-0.05, 0) is 52.4 Å². The lowest BCUT2D eigenvalue weighted by Gasteiger charge is -2.22. The van der Waals surface area contributed by atoms with Gasteiger partial charge in [-0.25, -0.2) is 0 Å². The molecule has 0 heterocycles. The quantitative estimate of drug-likeness (QED) is 0.751. The molecule has 0 spiro atoms. The van der Waals surface area contributed by atoms with Crippen LogP contribution in [0.2, 0.25) is 0 Å². The van der Waals surface area contributed by atoms with Crippen LogP contribution in [0.3, 0.4) is 0 Å². The summed E-state index contributed by atoms with van der Waals surface area (Å²) in [7, 11) is 0. The Hall–Kier alpha value is -0.500. The Morgan fingerprint density at radius 2 is 1.86 bits per heavy atom. The van der Waals surface area contributed by atoms with Crippen LogP contribution in [0.5, 0.6) is 0 Å². The summed E-state index contributed by atoms with van der Waals surface area (Å²) in [6.45, 7) is 0. The van der Waals surface area contributed by atoms with Gasteiger partial charge in [-0.1, -0.05) is 25.3 Å². The maximum absolute atomic E-state index is 5.77. The third kappa shape index (κ3) is 2.11. The van der Waals surface area contributed by atoms with E-state index in [1.807, 2.05) is 6.07 Å². The highest BCUT2D eigenvalue weighted by atomic mass is 79.9. The first-order chi connectivity index (χ1) is 6.77. The van der Waals surface area contributed by atoms with Crippen molar-refractivity contribution in [2.75, 3.05) is 5.73 Å². The predicted octanol–water partition coefficient (Wildman–Crippen LogP) is 4.08. The Balaban J connectivity index is 2.18. The van der Waals surface area contributed by atoms with E-state index in [0.29, 0.717) is 0 Å². The van der Waals surface area contributed by atoms with E-state index in [1.165, 1.54) is 37.7 Å². The Labute approximate surface area is 93.8 Å². The molecule has 0 saturated heterocycles. The highest BCUT2D eigenvalue weighted by molar-refractivity contribution is 9.10. The number of halogens is 1. The van der Waals surface area contributed by atoms with Gasteiger partial charge in [0.05, 0.1) is 0 Å². The maximum atomic E-state index is 5.77. The van der Waals surface area contributed by atoms with Crippen molar-refractivity contribution in [3.8, 4) is 0 Å². The molecule has 0 aromatic heterocycles. The van der Waals surface area contributed by atoms with Crippen LogP contribution in [-0.2, 0) is 0 Å². The molecule has 1 aliphatic rings. The van der Waals surface area contributed by atoms with Gasteiger partial charge in [0.1, 0.15) is 0 Å². The number of anilines is 1. The average Bonchev–Trinajstić information content (AvgIpc) is 2.23. The van der Waals surface area contributed by atoms with E-state index in [4.69, 9.17) is 5.73 Å². The van der Waals surface area contributed by atoms with Gasteiger partial charge in [0.25, 0.3) is 0 Å². The first-order valence-electron chi connectivity index (χ1n) is 5.32. The van der Waals surface area contributed by atoms with Gasteiger partial charge in [0.15, 0.2) is 0 Å². The molecule has 1 nitrogen and oxygen atoms in total. The highest BCUT2D eigenvalue weighted by Gasteiger charge is 2.15. The first kappa shape index (κ1) is 10.0. The molecule has 0 radical (unpaired) electrons. The van der Waals surface area contributed by atoms with Crippen LogP contribution < -0.4 is 5.73 Å². The second-order valence-corrected chi connectivity index (χ2v) is 4.97. The van der Waals surface area contributed by atoms with E-state index in [9.17, 15) is 0 Å². The lowest BCUT2D eigenvalue weighted by molar-refractivity contribution is 0.443. The van der Waals surface area contributed by atoms with Crippen LogP contribution in [0.25, 0.3) is 0 Å². The van der Waals surface area contributed by atoms with E-state index in [2.05, 4.69) is 28.1 Å². The number of nitrogens with two attached hydrogens (primary N) is 1. The van der Waals surface area contributed by atoms with Gasteiger partial charge in [-0.2, -0.15) is 0 Å². The zero-order valence-corrected chi connectivity index (χ0v) is 9.89. The molecule has 1 aliphatic carbocycles. The number of nitrogen functional groups attached to an aromatic ring is 1. The number of rotatable bonds is 1. The summed E-state index contributed by atoms with van der Waals surface area (Å²) in [5.74, 6) is 0.764. The van der Waals surface area contributed by atoms with Crippen molar-refractivity contribution in [1.82, 2.24) is 0 Å². The van der Waals surface area contributed by atoms with Gasteiger partial charge in [-0.3, -0.25) is 0 Å². The van der Waals surface area contributed by atoms with Crippen LogP contribution in [0.1, 0.15) is 43.6 Å². The Bertz CT molecular complexity index is 316. The van der Waals surface area contributed by atoms with E-state index < -0.39 is 0 Å². The molecule has 14 heavy (non-hydrogen) atoms. The number of hydrogen-bond donors (Lipinski definition) is 1. The summed E-state index contributed by atoms with van der Waals surface area (Å²) in [5, 5.41) is 0. The second kappa shape index (κ2) is 4.35. The van der Waals surface area contributed by atoms with E-state index in [-0.39, 0.29) is 0 Å². The Morgan fingerprint density at radius 3 is 2.50 bits per heavy atom. The molecular formula is C12H16BrN. The summed E-state index contributed by atoms with van der Waals surface area (Å²) in [6, 6.07) is 6.37. The minimum Gasteiger partial charge on any atom is -0.398 e. The summed E-state index contributed by atoms with van der Waals surface area (Å²) < 4.78 is 1.04. The van der Waals surface area contributed by atoms with E-state index in [0.717, 1.165) is 16.1 Å². The zero-order chi connectivity index (χ0) is 9.97. The van der Waals surface area contributed by atoms with Crippen molar-refractivity contribution in [3.63, 3.8) is 0 Å². The monoisotopic (exact) mass is 253 g/mol. The molecular weight excluding hydrogens is 238 g/mol. The minimum absolute atomic E-state index is 0.764. The molecule has 2 heteroatoms. The van der Waals surface area contributed by atoms with Crippen LogP contribution in [0.15, 0.2) is 22.7 Å². The molecule has 0 amide bonds. The van der Waals surface area contributed by atoms with E-state index >= 15 is 0 Å². The first-order valence-corrected chi connectivity index (χ1v) is 6.11. The molecule has 1 fully saturated rings. The molecule has 2 rings (SSSR count). The van der Waals surface area contributed by atoms with Crippen LogP contribution >= 0.6 is 15.9 Å². The third-order valence-electron chi connectivity index (χ3n) is 3.10. The molecule has 0 aliphatic heterocycles. The van der Waals surface area contributed by atoms with Gasteiger partial charge in [0.2, 0.25) is 0 Å². The van der Waals surface area contributed by atoms with Crippen LogP contribution in [-0.4, -0.2) is 0 Å². The average molecular weight is 254 g/mol. The van der Waals surface area contributed by atoms with Crippen molar-refractivity contribution >= 4 is 21.6 Å². The van der Waals surface area contributed by atoms with Crippen molar-refractivity contribution in [2.24, 2.45) is 0 Å². The topological polar surface area (TPSA) is 26.0 Å². The lowest BCUT2D eigenvalue weighted by atomic mass is 9.84. The molecule has 2 N–H and O–H groups in total. The summed E-state index contributed by atoms with van der Waals surface area (Å²) in [6.07, 6.45) is 6.86. The summed E-state index contributed by atoms with van der Waals surface area (Å²) in [4.78, 5) is 0. The standard InChI is InChI=1S/C12H16BrN/c13-11-8-10(6-7-12(11)14)9-4-2-1-3-5-9/h6-9H,1-5,14H2. The predicted molar refractivity (Wildman–Crippen MR) is 64.4 cm³/mol. The van der Waals surface area contributed by atoms with Gasteiger partial charge >= 0.3 is 0 Å². The fourth-order valence-corrected chi connectivity index (χ4v) is 2.63. The van der Waals surface area contributed by atoms with Crippen molar-refractivity contribution in [3.05, 3.63) is 28.2 Å². The van der Waals surface area contributed by atoms with Gasteiger partial charge < -0.3 is 5.73 Å². The molecule has 1 saturated carbocycles. The maximum Gasteiger partial charge on any atom is 0.0458 e. The fourth-order valence-electron chi connectivity index (χ4n) is 2.23. The van der Waals surface area contributed by atoms with Gasteiger partial charge in [-0.15, -0.1) is 0 Å². The number of benzene rings is 1. The molecule has 0 unspecified atom stereocenters. The molecule has 0 atom stereocenters. The Kier molecular flexibility index (Phi) is 3.12. The Morgan fingerprint density at radius 1 is 1.14 bits per heavy atom. The molecule has 0 bridgehead atoms. The third-order valence-corrected chi connectivity index (χ3v) is 3.79. The molecule has 76 valence electrons. The van der Waals surface area contributed by atoms with Crippen LogP contribution in [0.4, 0.5) is 5.69 Å². The summed E-state index contributed by atoms with van der Waals surface area (Å²) in [5.41, 5.74) is 8.06. The largest absolute Gasteiger partial charge is 0.398 e. The minimum atomic E-state index is 0.764. The van der Waals surface area contributed by atoms with E-state index in [1.54, 1.807) is 0 Å². The number of hydrogen-bond acceptors (Lipinski definition) is 1. The van der Waals surface area contributed by atoms with Crippen molar-refractivity contribution in [2.45, 2.75) is 38.0 Å². The lowest BCUT2D eigenvalue weighted by Crippen LogP contribution is -2.04. The smallest absolute Gasteiger partial charge is 0.0458 e. The molecule has 1 aromatic carbocycles. The van der Waals surface area contributed by atoms with Crippen molar-refractivity contribution in [1.29, 1.82) is 0 Å². The molecule has 1 aromatic rings.